The van der Waals surface area contributed by atoms with E-state index in [1.807, 2.05) is 24.3 Å². The fourth-order valence-corrected chi connectivity index (χ4v) is 2.46. The van der Waals surface area contributed by atoms with Crippen LogP contribution in [0.15, 0.2) is 42.5 Å². The molecule has 1 N–H and O–H groups in total. The highest BCUT2D eigenvalue weighted by molar-refractivity contribution is 5.77. The summed E-state index contributed by atoms with van der Waals surface area (Å²) >= 11 is 0. The SMILES string of the molecule is COc1ccc(CNC(=O)COc2ccc(CCC(C)=O)cc2)cc1OC. The van der Waals surface area contributed by atoms with Crippen molar-refractivity contribution in [2.24, 2.45) is 0 Å². The Morgan fingerprint density at radius 2 is 1.59 bits per heavy atom. The van der Waals surface area contributed by atoms with Crippen molar-refractivity contribution in [1.29, 1.82) is 0 Å². The zero-order valence-corrected chi connectivity index (χ0v) is 15.9. The van der Waals surface area contributed by atoms with Crippen LogP contribution in [0.4, 0.5) is 0 Å². The van der Waals surface area contributed by atoms with E-state index in [-0.39, 0.29) is 18.3 Å². The van der Waals surface area contributed by atoms with E-state index in [0.29, 0.717) is 36.6 Å². The molecule has 1 amide bonds. The van der Waals surface area contributed by atoms with Crippen LogP contribution in [0.2, 0.25) is 0 Å². The van der Waals surface area contributed by atoms with Crippen LogP contribution < -0.4 is 19.5 Å². The number of carbonyl (C=O) groups is 2. The predicted octanol–water partition coefficient (Wildman–Crippen LogP) is 2.92. The lowest BCUT2D eigenvalue weighted by atomic mass is 10.1. The lowest BCUT2D eigenvalue weighted by Crippen LogP contribution is -2.28. The summed E-state index contributed by atoms with van der Waals surface area (Å²) in [5.41, 5.74) is 1.96. The second-order valence-corrected chi connectivity index (χ2v) is 6.10. The maximum atomic E-state index is 12.0. The Morgan fingerprint density at radius 1 is 0.926 bits per heavy atom. The molecular formula is C21H25NO5. The number of Topliss-reactive ketones (excluding diaryl/α,β-unsaturated/α-hetero) is 1. The number of ether oxygens (including phenoxy) is 3. The Bertz CT molecular complexity index is 771. The number of methoxy groups -OCH3 is 2. The summed E-state index contributed by atoms with van der Waals surface area (Å²) < 4.78 is 15.9. The van der Waals surface area contributed by atoms with Crippen LogP contribution in [-0.2, 0) is 22.6 Å². The minimum atomic E-state index is -0.217. The van der Waals surface area contributed by atoms with Crippen molar-refractivity contribution in [3.63, 3.8) is 0 Å². The van der Waals surface area contributed by atoms with Gasteiger partial charge in [0.1, 0.15) is 11.5 Å². The van der Waals surface area contributed by atoms with Crippen LogP contribution in [0.25, 0.3) is 0 Å². The van der Waals surface area contributed by atoms with Gasteiger partial charge in [0.15, 0.2) is 18.1 Å². The van der Waals surface area contributed by atoms with Crippen LogP contribution in [0.5, 0.6) is 17.2 Å². The van der Waals surface area contributed by atoms with Gasteiger partial charge in [-0.2, -0.15) is 0 Å². The molecule has 0 fully saturated rings. The van der Waals surface area contributed by atoms with Crippen LogP contribution in [0, 0.1) is 0 Å². The minimum Gasteiger partial charge on any atom is -0.493 e. The van der Waals surface area contributed by atoms with Gasteiger partial charge in [0, 0.05) is 13.0 Å². The first-order valence-electron chi connectivity index (χ1n) is 8.70. The highest BCUT2D eigenvalue weighted by Gasteiger charge is 2.07. The van der Waals surface area contributed by atoms with Gasteiger partial charge in [-0.05, 0) is 48.7 Å². The van der Waals surface area contributed by atoms with E-state index in [2.05, 4.69) is 5.32 Å². The van der Waals surface area contributed by atoms with Crippen molar-refractivity contribution >= 4 is 11.7 Å². The second kappa shape index (κ2) is 10.2. The molecule has 6 heteroatoms. The Hall–Kier alpha value is -3.02. The molecule has 0 saturated carbocycles. The number of hydrogen-bond acceptors (Lipinski definition) is 5. The number of amides is 1. The van der Waals surface area contributed by atoms with Gasteiger partial charge >= 0.3 is 0 Å². The maximum absolute atomic E-state index is 12.0. The molecule has 0 spiro atoms. The molecule has 0 saturated heterocycles. The lowest BCUT2D eigenvalue weighted by Gasteiger charge is -2.11. The van der Waals surface area contributed by atoms with E-state index in [1.165, 1.54) is 0 Å². The molecule has 0 atom stereocenters. The van der Waals surface area contributed by atoms with Crippen molar-refractivity contribution in [2.75, 3.05) is 20.8 Å². The van der Waals surface area contributed by atoms with Crippen molar-refractivity contribution in [3.8, 4) is 17.2 Å². The standard InChI is InChI=1S/C21H25NO5/c1-15(23)4-5-16-6-9-18(10-7-16)27-14-21(24)22-13-17-8-11-19(25-2)20(12-17)26-3/h6-12H,4-5,13-14H2,1-3H3,(H,22,24). The summed E-state index contributed by atoms with van der Waals surface area (Å²) in [6.45, 7) is 1.88. The smallest absolute Gasteiger partial charge is 0.258 e. The summed E-state index contributed by atoms with van der Waals surface area (Å²) in [4.78, 5) is 23.0. The molecule has 0 radical (unpaired) electrons. The monoisotopic (exact) mass is 371 g/mol. The number of aryl methyl sites for hydroxylation is 1. The highest BCUT2D eigenvalue weighted by Crippen LogP contribution is 2.27. The highest BCUT2D eigenvalue weighted by atomic mass is 16.5. The Kier molecular flexibility index (Phi) is 7.67. The molecule has 0 aliphatic carbocycles. The molecule has 27 heavy (non-hydrogen) atoms. The van der Waals surface area contributed by atoms with Gasteiger partial charge in [-0.15, -0.1) is 0 Å². The van der Waals surface area contributed by atoms with Crippen LogP contribution in [-0.4, -0.2) is 32.5 Å². The van der Waals surface area contributed by atoms with Crippen LogP contribution in [0.3, 0.4) is 0 Å². The fraction of sp³-hybridized carbons (Fsp3) is 0.333. The average Bonchev–Trinajstić information content (AvgIpc) is 2.69. The molecule has 0 aromatic heterocycles. The number of nitrogens with one attached hydrogen (secondary N) is 1. The Labute approximate surface area is 159 Å². The van der Waals surface area contributed by atoms with E-state index in [0.717, 1.165) is 11.1 Å². The summed E-state index contributed by atoms with van der Waals surface area (Å²) in [6.07, 6.45) is 1.24. The molecule has 0 bridgehead atoms. The van der Waals surface area contributed by atoms with E-state index in [9.17, 15) is 9.59 Å². The second-order valence-electron chi connectivity index (χ2n) is 6.10. The predicted molar refractivity (Wildman–Crippen MR) is 102 cm³/mol. The number of carbonyl (C=O) groups excluding carboxylic acids is 2. The van der Waals surface area contributed by atoms with Crippen molar-refractivity contribution < 1.29 is 23.8 Å². The summed E-state index contributed by atoms with van der Waals surface area (Å²) in [5, 5.41) is 2.80. The molecule has 2 aromatic rings. The maximum Gasteiger partial charge on any atom is 0.258 e. The largest absolute Gasteiger partial charge is 0.493 e. The van der Waals surface area contributed by atoms with Gasteiger partial charge < -0.3 is 24.3 Å². The first kappa shape index (κ1) is 20.3. The average molecular weight is 371 g/mol. The summed E-state index contributed by atoms with van der Waals surface area (Å²) in [6, 6.07) is 12.9. The fourth-order valence-electron chi connectivity index (χ4n) is 2.46. The zero-order valence-electron chi connectivity index (χ0n) is 15.9. The third-order valence-corrected chi connectivity index (χ3v) is 4.00. The molecule has 144 valence electrons. The molecule has 0 aliphatic heterocycles. The van der Waals surface area contributed by atoms with E-state index < -0.39 is 0 Å². The van der Waals surface area contributed by atoms with E-state index in [1.54, 1.807) is 39.3 Å². The molecule has 6 nitrogen and oxygen atoms in total. The minimum absolute atomic E-state index is 0.0694. The van der Waals surface area contributed by atoms with Crippen molar-refractivity contribution in [2.45, 2.75) is 26.3 Å². The number of ketones is 1. The van der Waals surface area contributed by atoms with E-state index >= 15 is 0 Å². The topological polar surface area (TPSA) is 73.9 Å². The summed E-state index contributed by atoms with van der Waals surface area (Å²) in [5.74, 6) is 1.82. The summed E-state index contributed by atoms with van der Waals surface area (Å²) in [7, 11) is 3.14. The van der Waals surface area contributed by atoms with Crippen LogP contribution in [0.1, 0.15) is 24.5 Å². The number of benzene rings is 2. The molecule has 0 unspecified atom stereocenters. The number of hydrogen-bond donors (Lipinski definition) is 1. The number of rotatable bonds is 10. The molecule has 2 rings (SSSR count). The van der Waals surface area contributed by atoms with Crippen molar-refractivity contribution in [3.05, 3.63) is 53.6 Å². The normalized spacial score (nSPS) is 10.2. The molecule has 0 heterocycles. The quantitative estimate of drug-likeness (QED) is 0.695. The third kappa shape index (κ3) is 6.66. The zero-order chi connectivity index (χ0) is 19.6. The first-order chi connectivity index (χ1) is 13.0. The van der Waals surface area contributed by atoms with Gasteiger partial charge in [-0.3, -0.25) is 4.79 Å². The first-order valence-corrected chi connectivity index (χ1v) is 8.70. The lowest BCUT2D eigenvalue weighted by molar-refractivity contribution is -0.123. The third-order valence-electron chi connectivity index (χ3n) is 4.00. The van der Waals surface area contributed by atoms with E-state index in [4.69, 9.17) is 14.2 Å². The van der Waals surface area contributed by atoms with Gasteiger partial charge in [-0.1, -0.05) is 18.2 Å². The van der Waals surface area contributed by atoms with Gasteiger partial charge in [-0.25, -0.2) is 0 Å². The van der Waals surface area contributed by atoms with Gasteiger partial charge in [0.05, 0.1) is 14.2 Å². The Morgan fingerprint density at radius 3 is 2.22 bits per heavy atom. The van der Waals surface area contributed by atoms with Gasteiger partial charge in [0.2, 0.25) is 0 Å². The molecular weight excluding hydrogens is 346 g/mol. The van der Waals surface area contributed by atoms with Crippen molar-refractivity contribution in [1.82, 2.24) is 5.32 Å². The van der Waals surface area contributed by atoms with Gasteiger partial charge in [0.25, 0.3) is 5.91 Å². The van der Waals surface area contributed by atoms with Crippen LogP contribution >= 0.6 is 0 Å². The Balaban J connectivity index is 1.78. The molecule has 0 aliphatic rings. The molecule has 2 aromatic carbocycles.